The monoisotopic (exact) mass is 334 g/mol. The molecule has 0 saturated carbocycles. The van der Waals surface area contributed by atoms with Crippen LogP contribution in [-0.4, -0.2) is 0 Å². The third-order valence-corrected chi connectivity index (χ3v) is 3.96. The summed E-state index contributed by atoms with van der Waals surface area (Å²) in [6.45, 7) is 0. The Kier molecular flexibility index (Phi) is 15.3. The number of allylic oxidation sites excluding steroid dienone is 16. The first-order valence-electron chi connectivity index (χ1n) is 9.82. The Labute approximate surface area is 155 Å². The Morgan fingerprint density at radius 2 is 0.480 bits per heavy atom. The van der Waals surface area contributed by atoms with E-state index in [1.54, 1.807) is 0 Å². The van der Waals surface area contributed by atoms with Gasteiger partial charge in [-0.2, -0.15) is 0 Å². The molecule has 0 aromatic rings. The zero-order valence-electron chi connectivity index (χ0n) is 15.6. The maximum absolute atomic E-state index is 2.27. The lowest BCUT2D eigenvalue weighted by atomic mass is 10.1. The molecule has 0 bridgehead atoms. The van der Waals surface area contributed by atoms with Gasteiger partial charge in [-0.25, -0.2) is 0 Å². The first-order valence-corrected chi connectivity index (χ1v) is 9.82. The number of rotatable bonds is 0. The summed E-state index contributed by atoms with van der Waals surface area (Å²) in [7, 11) is 0. The van der Waals surface area contributed by atoms with Gasteiger partial charge in [0.15, 0.2) is 0 Å². The highest BCUT2D eigenvalue weighted by atomic mass is 14.0. The van der Waals surface area contributed by atoms with E-state index >= 15 is 0 Å². The van der Waals surface area contributed by atoms with Gasteiger partial charge in [0.2, 0.25) is 0 Å². The van der Waals surface area contributed by atoms with Gasteiger partial charge in [0.25, 0.3) is 0 Å². The Hall–Kier alpha value is -2.08. The normalized spacial score (nSPS) is 27.8. The minimum atomic E-state index is 1.20. The highest BCUT2D eigenvalue weighted by Crippen LogP contribution is 2.10. The van der Waals surface area contributed by atoms with Crippen molar-refractivity contribution in [3.05, 3.63) is 97.2 Å². The largest absolute Gasteiger partial charge is 0.0845 e. The second kappa shape index (κ2) is 18.3. The van der Waals surface area contributed by atoms with Gasteiger partial charge in [0.05, 0.1) is 0 Å². The zero-order valence-corrected chi connectivity index (χ0v) is 15.6. The molecular formula is C25H34. The van der Waals surface area contributed by atoms with Crippen molar-refractivity contribution in [2.24, 2.45) is 0 Å². The summed E-state index contributed by atoms with van der Waals surface area (Å²) >= 11 is 0. The summed E-state index contributed by atoms with van der Waals surface area (Å²) in [4.78, 5) is 0. The summed E-state index contributed by atoms with van der Waals surface area (Å²) < 4.78 is 0. The molecule has 0 aliphatic heterocycles. The highest BCUT2D eigenvalue weighted by molar-refractivity contribution is 5.21. The van der Waals surface area contributed by atoms with Crippen LogP contribution in [0.4, 0.5) is 0 Å². The van der Waals surface area contributed by atoms with Crippen molar-refractivity contribution in [3.63, 3.8) is 0 Å². The molecule has 0 nitrogen and oxygen atoms in total. The third-order valence-electron chi connectivity index (χ3n) is 3.96. The molecule has 0 spiro atoms. The lowest BCUT2D eigenvalue weighted by molar-refractivity contribution is 0.583. The Bertz CT molecular complexity index is 470. The van der Waals surface area contributed by atoms with Gasteiger partial charge < -0.3 is 0 Å². The van der Waals surface area contributed by atoms with E-state index in [1.807, 2.05) is 36.5 Å². The fourth-order valence-electron chi connectivity index (χ4n) is 2.53. The summed E-state index contributed by atoms with van der Waals surface area (Å²) in [5, 5.41) is 0. The minimum absolute atomic E-state index is 1.20. The molecule has 0 saturated heterocycles. The maximum atomic E-state index is 2.27. The molecule has 1 aliphatic rings. The Balaban J connectivity index is 2.40. The number of hydrogen-bond acceptors (Lipinski definition) is 0. The van der Waals surface area contributed by atoms with Crippen LogP contribution in [0.3, 0.4) is 0 Å². The zero-order chi connectivity index (χ0) is 17.7. The molecule has 134 valence electrons. The number of hydrogen-bond donors (Lipinski definition) is 0. The quantitative estimate of drug-likeness (QED) is 0.421. The van der Waals surface area contributed by atoms with E-state index < -0.39 is 0 Å². The Morgan fingerprint density at radius 3 is 0.800 bits per heavy atom. The summed E-state index contributed by atoms with van der Waals surface area (Å²) in [6.07, 6.45) is 45.5. The van der Waals surface area contributed by atoms with Gasteiger partial charge in [-0.15, -0.1) is 0 Å². The summed E-state index contributed by atoms with van der Waals surface area (Å²) in [6, 6.07) is 0. The van der Waals surface area contributed by atoms with E-state index in [1.165, 1.54) is 57.8 Å². The molecule has 0 aromatic carbocycles. The van der Waals surface area contributed by atoms with Crippen LogP contribution < -0.4 is 0 Å². The fraction of sp³-hybridized carbons (Fsp3) is 0.360. The fourth-order valence-corrected chi connectivity index (χ4v) is 2.53. The van der Waals surface area contributed by atoms with Gasteiger partial charge in [0.1, 0.15) is 0 Å². The summed E-state index contributed by atoms with van der Waals surface area (Å²) in [5.74, 6) is 0. The van der Waals surface area contributed by atoms with E-state index in [2.05, 4.69) is 60.8 Å². The second-order valence-electron chi connectivity index (χ2n) is 6.22. The van der Waals surface area contributed by atoms with Crippen molar-refractivity contribution >= 4 is 0 Å². The van der Waals surface area contributed by atoms with E-state index in [-0.39, 0.29) is 0 Å². The van der Waals surface area contributed by atoms with Crippen LogP contribution in [0.5, 0.6) is 0 Å². The van der Waals surface area contributed by atoms with E-state index in [0.29, 0.717) is 0 Å². The first kappa shape index (κ1) is 21.0. The van der Waals surface area contributed by atoms with Crippen molar-refractivity contribution in [1.82, 2.24) is 0 Å². The van der Waals surface area contributed by atoms with Crippen LogP contribution >= 0.6 is 0 Å². The van der Waals surface area contributed by atoms with Crippen LogP contribution in [0.25, 0.3) is 0 Å². The van der Waals surface area contributed by atoms with Crippen molar-refractivity contribution in [2.45, 2.75) is 57.8 Å². The van der Waals surface area contributed by atoms with Crippen molar-refractivity contribution in [3.8, 4) is 0 Å². The van der Waals surface area contributed by atoms with Crippen LogP contribution in [0.2, 0.25) is 0 Å². The SMILES string of the molecule is C1=CCCCCCCCCC/C=C/C=C/C=C\C=C\C=C/C=C\C=C\1. The van der Waals surface area contributed by atoms with E-state index in [0.717, 1.165) is 0 Å². The maximum Gasteiger partial charge on any atom is -0.0348 e. The molecule has 0 N–H and O–H groups in total. The molecular weight excluding hydrogens is 300 g/mol. The smallest absolute Gasteiger partial charge is 0.0348 e. The van der Waals surface area contributed by atoms with Gasteiger partial charge in [-0.05, 0) is 25.7 Å². The van der Waals surface area contributed by atoms with Crippen LogP contribution in [0.15, 0.2) is 97.2 Å². The average molecular weight is 335 g/mol. The molecule has 25 heavy (non-hydrogen) atoms. The third kappa shape index (κ3) is 16.6. The van der Waals surface area contributed by atoms with Crippen LogP contribution in [-0.2, 0) is 0 Å². The van der Waals surface area contributed by atoms with Crippen molar-refractivity contribution in [2.75, 3.05) is 0 Å². The topological polar surface area (TPSA) is 0 Å². The molecule has 0 unspecified atom stereocenters. The average Bonchev–Trinajstić information content (AvgIpc) is 2.62. The molecule has 0 atom stereocenters. The van der Waals surface area contributed by atoms with Crippen LogP contribution in [0.1, 0.15) is 57.8 Å². The lowest BCUT2D eigenvalue weighted by Crippen LogP contribution is -1.80. The van der Waals surface area contributed by atoms with Gasteiger partial charge in [-0.1, -0.05) is 129 Å². The predicted molar refractivity (Wildman–Crippen MR) is 115 cm³/mol. The Morgan fingerprint density at radius 1 is 0.240 bits per heavy atom. The molecule has 0 aromatic heterocycles. The molecule has 0 radical (unpaired) electrons. The van der Waals surface area contributed by atoms with Gasteiger partial charge in [0, 0.05) is 0 Å². The van der Waals surface area contributed by atoms with E-state index in [9.17, 15) is 0 Å². The van der Waals surface area contributed by atoms with Gasteiger partial charge >= 0.3 is 0 Å². The second-order valence-corrected chi connectivity index (χ2v) is 6.22. The molecule has 0 amide bonds. The molecule has 0 heterocycles. The van der Waals surface area contributed by atoms with E-state index in [4.69, 9.17) is 0 Å². The van der Waals surface area contributed by atoms with Crippen molar-refractivity contribution < 1.29 is 0 Å². The predicted octanol–water partition coefficient (Wildman–Crippen LogP) is 7.96. The van der Waals surface area contributed by atoms with Crippen LogP contribution in [0, 0.1) is 0 Å². The first-order chi connectivity index (χ1) is 12.5. The molecule has 0 heteroatoms. The lowest BCUT2D eigenvalue weighted by Gasteiger charge is -2.00. The highest BCUT2D eigenvalue weighted by Gasteiger charge is 1.90. The molecule has 1 aliphatic carbocycles. The minimum Gasteiger partial charge on any atom is -0.0845 e. The summed E-state index contributed by atoms with van der Waals surface area (Å²) in [5.41, 5.74) is 0. The standard InChI is InChI=1S/C25H34/c1-2-4-6-8-10-12-14-16-18-20-22-24-25-23-21-19-17-15-13-11-9-7-5-3-1/h1-16H,17-25H2/b3-1-,4-2+,7-5-,8-6-,11-9+,12-10+,15-13?,16-14+. The van der Waals surface area contributed by atoms with Crippen molar-refractivity contribution in [1.29, 1.82) is 0 Å². The molecule has 0 fully saturated rings. The molecule has 1 rings (SSSR count). The van der Waals surface area contributed by atoms with Gasteiger partial charge in [-0.3, -0.25) is 0 Å².